The molecule has 0 spiro atoms. The van der Waals surface area contributed by atoms with Gasteiger partial charge in [-0.2, -0.15) is 18.3 Å². The first-order valence-corrected chi connectivity index (χ1v) is 9.75. The second kappa shape index (κ2) is 8.22. The monoisotopic (exact) mass is 414 g/mol. The van der Waals surface area contributed by atoms with Gasteiger partial charge in [-0.05, 0) is 55.2 Å². The van der Waals surface area contributed by atoms with Crippen molar-refractivity contribution in [3.63, 3.8) is 0 Å². The molecule has 1 heterocycles. The Morgan fingerprint density at radius 3 is 2.63 bits per heavy atom. The van der Waals surface area contributed by atoms with Gasteiger partial charge in [0.05, 0.1) is 30.0 Å². The third-order valence-electron chi connectivity index (χ3n) is 5.11. The van der Waals surface area contributed by atoms with Gasteiger partial charge in [-0.1, -0.05) is 24.3 Å². The fourth-order valence-electron chi connectivity index (χ4n) is 3.67. The topological polar surface area (TPSA) is 59.0 Å². The third kappa shape index (κ3) is 4.32. The number of hydrogen-bond donors (Lipinski definition) is 2. The number of anilines is 1. The van der Waals surface area contributed by atoms with Gasteiger partial charge in [0.15, 0.2) is 0 Å². The Morgan fingerprint density at radius 1 is 1.07 bits per heavy atom. The van der Waals surface area contributed by atoms with Crippen LogP contribution < -0.4 is 10.6 Å². The molecule has 0 saturated carbocycles. The van der Waals surface area contributed by atoms with E-state index in [1.807, 2.05) is 35.0 Å². The molecule has 2 aromatic carbocycles. The summed E-state index contributed by atoms with van der Waals surface area (Å²) in [6.45, 7) is 0.161. The Balaban J connectivity index is 1.38. The Hall–Kier alpha value is -3.29. The molecule has 0 atom stereocenters. The predicted octanol–water partition coefficient (Wildman–Crippen LogP) is 4.11. The number of halogens is 3. The average Bonchev–Trinajstić information content (AvgIpc) is 3.34. The van der Waals surface area contributed by atoms with Crippen molar-refractivity contribution in [2.45, 2.75) is 32.0 Å². The zero-order valence-electron chi connectivity index (χ0n) is 16.2. The molecule has 0 unspecified atom stereocenters. The zero-order valence-corrected chi connectivity index (χ0v) is 16.2. The largest absolute Gasteiger partial charge is 0.416 e. The normalized spacial score (nSPS) is 13.2. The van der Waals surface area contributed by atoms with Crippen molar-refractivity contribution in [3.05, 3.63) is 77.1 Å². The SMILES string of the molecule is O=C(CNc1cccc(C(F)(F)F)c1)NCc1nn(-c2ccccc2)c2c1CCC2. The number of aromatic nitrogens is 2. The van der Waals surface area contributed by atoms with Crippen LogP contribution in [0.2, 0.25) is 0 Å². The molecule has 8 heteroatoms. The van der Waals surface area contributed by atoms with Crippen LogP contribution in [-0.4, -0.2) is 22.2 Å². The number of hydrogen-bond acceptors (Lipinski definition) is 3. The number of nitrogens with one attached hydrogen (secondary N) is 2. The average molecular weight is 414 g/mol. The van der Waals surface area contributed by atoms with Crippen molar-refractivity contribution in [1.82, 2.24) is 15.1 Å². The van der Waals surface area contributed by atoms with Crippen LogP contribution in [0.15, 0.2) is 54.6 Å². The van der Waals surface area contributed by atoms with Gasteiger partial charge in [0.1, 0.15) is 0 Å². The molecule has 4 rings (SSSR count). The summed E-state index contributed by atoms with van der Waals surface area (Å²) in [4.78, 5) is 12.2. The van der Waals surface area contributed by atoms with Crippen molar-refractivity contribution in [3.8, 4) is 5.69 Å². The number of alkyl halides is 3. The highest BCUT2D eigenvalue weighted by Crippen LogP contribution is 2.30. The molecule has 0 saturated heterocycles. The van der Waals surface area contributed by atoms with E-state index in [2.05, 4.69) is 15.7 Å². The molecule has 1 amide bonds. The van der Waals surface area contributed by atoms with E-state index in [9.17, 15) is 18.0 Å². The van der Waals surface area contributed by atoms with E-state index in [0.717, 1.165) is 42.8 Å². The maximum atomic E-state index is 12.8. The molecule has 1 aliphatic carbocycles. The summed E-state index contributed by atoms with van der Waals surface area (Å²) in [6.07, 6.45) is -1.49. The zero-order chi connectivity index (χ0) is 21.1. The van der Waals surface area contributed by atoms with Crippen LogP contribution >= 0.6 is 0 Å². The van der Waals surface area contributed by atoms with E-state index in [1.54, 1.807) is 0 Å². The number of para-hydroxylation sites is 1. The van der Waals surface area contributed by atoms with Gasteiger partial charge in [0.2, 0.25) is 5.91 Å². The van der Waals surface area contributed by atoms with E-state index < -0.39 is 11.7 Å². The van der Waals surface area contributed by atoms with Gasteiger partial charge in [-0.25, -0.2) is 4.68 Å². The van der Waals surface area contributed by atoms with E-state index in [4.69, 9.17) is 0 Å². The minimum absolute atomic E-state index is 0.122. The van der Waals surface area contributed by atoms with Crippen molar-refractivity contribution in [2.24, 2.45) is 0 Å². The first-order valence-electron chi connectivity index (χ1n) is 9.75. The number of nitrogens with zero attached hydrogens (tertiary/aromatic N) is 2. The lowest BCUT2D eigenvalue weighted by molar-refractivity contribution is -0.137. The lowest BCUT2D eigenvalue weighted by atomic mass is 10.2. The number of carbonyl (C=O) groups excluding carboxylic acids is 1. The molecule has 1 aromatic heterocycles. The number of carbonyl (C=O) groups is 1. The molecule has 0 fully saturated rings. The van der Waals surface area contributed by atoms with Crippen LogP contribution in [0.4, 0.5) is 18.9 Å². The molecule has 3 aromatic rings. The first-order chi connectivity index (χ1) is 14.4. The second-order valence-electron chi connectivity index (χ2n) is 7.18. The van der Waals surface area contributed by atoms with Crippen molar-refractivity contribution < 1.29 is 18.0 Å². The molecular weight excluding hydrogens is 393 g/mol. The molecule has 2 N–H and O–H groups in total. The molecule has 0 bridgehead atoms. The summed E-state index contributed by atoms with van der Waals surface area (Å²) in [6, 6.07) is 14.6. The minimum atomic E-state index is -4.42. The minimum Gasteiger partial charge on any atom is -0.376 e. The molecule has 0 radical (unpaired) electrons. The lowest BCUT2D eigenvalue weighted by Crippen LogP contribution is -2.30. The highest BCUT2D eigenvalue weighted by atomic mass is 19.4. The summed E-state index contributed by atoms with van der Waals surface area (Å²) < 4.78 is 40.3. The number of fused-ring (bicyclic) bond motifs is 1. The highest BCUT2D eigenvalue weighted by molar-refractivity contribution is 5.80. The van der Waals surface area contributed by atoms with Crippen LogP contribution in [0.1, 0.15) is 28.9 Å². The molecule has 0 aliphatic heterocycles. The lowest BCUT2D eigenvalue weighted by Gasteiger charge is -2.11. The summed E-state index contributed by atoms with van der Waals surface area (Å²) in [5.74, 6) is -0.312. The standard InChI is InChI=1S/C22H21F3N4O/c23-22(24,25)15-6-4-7-16(12-15)26-14-21(30)27-13-19-18-10-5-11-20(18)29(28-19)17-8-2-1-3-9-17/h1-4,6-9,12,26H,5,10-11,13-14H2,(H,27,30). The second-order valence-corrected chi connectivity index (χ2v) is 7.18. The van der Waals surface area contributed by atoms with Gasteiger partial charge < -0.3 is 10.6 Å². The van der Waals surface area contributed by atoms with Crippen molar-refractivity contribution in [1.29, 1.82) is 0 Å². The maximum Gasteiger partial charge on any atom is 0.416 e. The number of benzene rings is 2. The Labute approximate surface area is 171 Å². The summed E-state index contributed by atoms with van der Waals surface area (Å²) in [5.41, 5.74) is 3.65. The summed E-state index contributed by atoms with van der Waals surface area (Å²) >= 11 is 0. The molecular formula is C22H21F3N4O. The third-order valence-corrected chi connectivity index (χ3v) is 5.11. The molecule has 30 heavy (non-hydrogen) atoms. The van der Waals surface area contributed by atoms with Gasteiger partial charge in [-0.15, -0.1) is 0 Å². The van der Waals surface area contributed by atoms with Gasteiger partial charge in [0.25, 0.3) is 0 Å². The van der Waals surface area contributed by atoms with Gasteiger partial charge >= 0.3 is 6.18 Å². The van der Waals surface area contributed by atoms with Crippen LogP contribution in [0, 0.1) is 0 Å². The van der Waals surface area contributed by atoms with E-state index >= 15 is 0 Å². The van der Waals surface area contributed by atoms with Crippen LogP contribution in [0.5, 0.6) is 0 Å². The Bertz CT molecular complexity index is 1040. The van der Waals surface area contributed by atoms with Gasteiger partial charge in [0, 0.05) is 11.4 Å². The number of rotatable bonds is 6. The fourth-order valence-corrected chi connectivity index (χ4v) is 3.67. The summed E-state index contributed by atoms with van der Waals surface area (Å²) in [5, 5.41) is 10.2. The van der Waals surface area contributed by atoms with Crippen molar-refractivity contribution in [2.75, 3.05) is 11.9 Å². The molecule has 156 valence electrons. The Kier molecular flexibility index (Phi) is 5.48. The summed E-state index contributed by atoms with van der Waals surface area (Å²) in [7, 11) is 0. The van der Waals surface area contributed by atoms with Gasteiger partial charge in [-0.3, -0.25) is 4.79 Å². The smallest absolute Gasteiger partial charge is 0.376 e. The quantitative estimate of drug-likeness (QED) is 0.638. The first kappa shape index (κ1) is 20.0. The van der Waals surface area contributed by atoms with E-state index in [0.29, 0.717) is 0 Å². The fraction of sp³-hybridized carbons (Fsp3) is 0.273. The van der Waals surface area contributed by atoms with Crippen LogP contribution in [-0.2, 0) is 30.4 Å². The maximum absolute atomic E-state index is 12.8. The van der Waals surface area contributed by atoms with E-state index in [1.165, 1.54) is 23.4 Å². The van der Waals surface area contributed by atoms with Crippen LogP contribution in [0.3, 0.4) is 0 Å². The number of amides is 1. The van der Waals surface area contributed by atoms with Crippen molar-refractivity contribution >= 4 is 11.6 Å². The Morgan fingerprint density at radius 2 is 1.87 bits per heavy atom. The van der Waals surface area contributed by atoms with E-state index in [-0.39, 0.29) is 24.7 Å². The highest BCUT2D eigenvalue weighted by Gasteiger charge is 2.30. The predicted molar refractivity (Wildman–Crippen MR) is 107 cm³/mol. The molecule has 1 aliphatic rings. The molecule has 5 nitrogen and oxygen atoms in total. The van der Waals surface area contributed by atoms with Crippen LogP contribution in [0.25, 0.3) is 5.69 Å².